The van der Waals surface area contributed by atoms with Crippen LogP contribution in [0, 0.1) is 5.92 Å². The lowest BCUT2D eigenvalue weighted by atomic mass is 9.95. The molecule has 4 rings (SSSR count). The second kappa shape index (κ2) is 7.30. The Morgan fingerprint density at radius 1 is 1.36 bits per heavy atom. The molecule has 0 bridgehead atoms. The number of ether oxygens (including phenoxy) is 1. The summed E-state index contributed by atoms with van der Waals surface area (Å²) in [6, 6.07) is 8.07. The largest absolute Gasteiger partial charge is 0.381 e. The van der Waals surface area contributed by atoms with Crippen LogP contribution in [0.4, 0.5) is 0 Å². The smallest absolute Gasteiger partial charge is 0.272 e. The fraction of sp³-hybridized carbons (Fsp3) is 0.474. The average molecular weight is 404 g/mol. The van der Waals surface area contributed by atoms with Gasteiger partial charge in [0.05, 0.1) is 12.3 Å². The number of rotatable bonds is 4. The zero-order chi connectivity index (χ0) is 17.2. The minimum Gasteiger partial charge on any atom is -0.381 e. The second-order valence-corrected chi connectivity index (χ2v) is 7.73. The first-order chi connectivity index (χ1) is 12.2. The highest BCUT2D eigenvalue weighted by atomic mass is 79.9. The van der Waals surface area contributed by atoms with E-state index in [4.69, 9.17) is 9.84 Å². The molecular weight excluding hydrogens is 382 g/mol. The van der Waals surface area contributed by atoms with Crippen molar-refractivity contribution in [3.63, 3.8) is 0 Å². The molecule has 132 valence electrons. The van der Waals surface area contributed by atoms with E-state index in [1.54, 1.807) is 0 Å². The van der Waals surface area contributed by atoms with Crippen molar-refractivity contribution in [2.45, 2.75) is 32.1 Å². The molecule has 1 amide bonds. The quantitative estimate of drug-likeness (QED) is 0.851. The van der Waals surface area contributed by atoms with Gasteiger partial charge in [0.15, 0.2) is 5.69 Å². The number of nitrogens with one attached hydrogen (secondary N) is 1. The molecule has 1 aliphatic heterocycles. The average Bonchev–Trinajstić information content (AvgIpc) is 3.27. The first-order valence-corrected chi connectivity index (χ1v) is 9.74. The van der Waals surface area contributed by atoms with E-state index in [0.717, 1.165) is 61.0 Å². The molecule has 2 aromatic rings. The highest BCUT2D eigenvalue weighted by Gasteiger charge is 2.26. The van der Waals surface area contributed by atoms with E-state index in [9.17, 15) is 4.79 Å². The van der Waals surface area contributed by atoms with Crippen LogP contribution < -0.4 is 5.32 Å². The van der Waals surface area contributed by atoms with Gasteiger partial charge in [-0.05, 0) is 50.3 Å². The van der Waals surface area contributed by atoms with Gasteiger partial charge < -0.3 is 10.1 Å². The van der Waals surface area contributed by atoms with Crippen molar-refractivity contribution < 1.29 is 9.53 Å². The summed E-state index contributed by atoms with van der Waals surface area (Å²) in [7, 11) is 0. The Balaban J connectivity index is 1.62. The maximum absolute atomic E-state index is 12.7. The Kier molecular flexibility index (Phi) is 4.90. The van der Waals surface area contributed by atoms with Crippen LogP contribution in [0.25, 0.3) is 5.69 Å². The number of aromatic nitrogens is 2. The number of carbonyl (C=O) groups is 1. The van der Waals surface area contributed by atoms with Crippen LogP contribution in [0.15, 0.2) is 28.7 Å². The van der Waals surface area contributed by atoms with Crippen LogP contribution in [0.3, 0.4) is 0 Å². The van der Waals surface area contributed by atoms with Crippen molar-refractivity contribution in [2.24, 2.45) is 5.92 Å². The minimum atomic E-state index is -0.0567. The summed E-state index contributed by atoms with van der Waals surface area (Å²) in [5, 5.41) is 7.76. The van der Waals surface area contributed by atoms with Crippen molar-refractivity contribution in [1.29, 1.82) is 0 Å². The fourth-order valence-corrected chi connectivity index (χ4v) is 4.06. The van der Waals surface area contributed by atoms with E-state index < -0.39 is 0 Å². The molecule has 1 fully saturated rings. The van der Waals surface area contributed by atoms with Crippen LogP contribution in [0.2, 0.25) is 0 Å². The highest BCUT2D eigenvalue weighted by molar-refractivity contribution is 9.10. The molecule has 5 nitrogen and oxygen atoms in total. The van der Waals surface area contributed by atoms with Crippen molar-refractivity contribution in [3.05, 3.63) is 45.7 Å². The third-order valence-electron chi connectivity index (χ3n) is 5.02. The number of hydrogen-bond donors (Lipinski definition) is 1. The predicted octanol–water partition coefficient (Wildman–Crippen LogP) is 3.28. The van der Waals surface area contributed by atoms with Crippen LogP contribution >= 0.6 is 15.9 Å². The lowest BCUT2D eigenvalue weighted by Gasteiger charge is -2.14. The minimum absolute atomic E-state index is 0.0567. The fourth-order valence-electron chi connectivity index (χ4n) is 3.67. The first kappa shape index (κ1) is 16.8. The normalized spacial score (nSPS) is 19.6. The molecular formula is C19H22BrN3O2. The molecule has 0 radical (unpaired) electrons. The zero-order valence-corrected chi connectivity index (χ0v) is 15.7. The molecule has 2 heterocycles. The molecule has 1 N–H and O–H groups in total. The third kappa shape index (κ3) is 3.51. The topological polar surface area (TPSA) is 56.1 Å². The summed E-state index contributed by atoms with van der Waals surface area (Å²) in [5.74, 6) is 0.366. The number of carbonyl (C=O) groups excluding carboxylic acids is 1. The van der Waals surface area contributed by atoms with E-state index in [2.05, 4.69) is 21.2 Å². The molecule has 0 spiro atoms. The SMILES string of the molecule is O=C(NCC1CCOC1)c1nn(-c2cccc(Br)c2)c2c1CCCC2. The zero-order valence-electron chi connectivity index (χ0n) is 14.1. The van der Waals surface area contributed by atoms with Crippen molar-refractivity contribution in [3.8, 4) is 5.69 Å². The summed E-state index contributed by atoms with van der Waals surface area (Å²) in [4.78, 5) is 12.7. The Bertz CT molecular complexity index is 781. The van der Waals surface area contributed by atoms with Gasteiger partial charge in [0, 0.05) is 34.8 Å². The van der Waals surface area contributed by atoms with Gasteiger partial charge in [0.2, 0.25) is 0 Å². The Labute approximate surface area is 155 Å². The van der Waals surface area contributed by atoms with Gasteiger partial charge in [-0.15, -0.1) is 0 Å². The van der Waals surface area contributed by atoms with E-state index in [0.29, 0.717) is 18.2 Å². The summed E-state index contributed by atoms with van der Waals surface area (Å²) in [6.07, 6.45) is 5.18. The van der Waals surface area contributed by atoms with E-state index in [1.165, 1.54) is 5.69 Å². The molecule has 1 aromatic carbocycles. The second-order valence-electron chi connectivity index (χ2n) is 6.81. The molecule has 1 aliphatic carbocycles. The molecule has 2 aliphatic rings. The first-order valence-electron chi connectivity index (χ1n) is 8.95. The van der Waals surface area contributed by atoms with Gasteiger partial charge in [-0.25, -0.2) is 4.68 Å². The summed E-state index contributed by atoms with van der Waals surface area (Å²) >= 11 is 3.52. The maximum atomic E-state index is 12.7. The maximum Gasteiger partial charge on any atom is 0.272 e. The van der Waals surface area contributed by atoms with Gasteiger partial charge in [-0.2, -0.15) is 5.10 Å². The van der Waals surface area contributed by atoms with E-state index in [1.807, 2.05) is 28.9 Å². The standard InChI is InChI=1S/C19H22BrN3O2/c20-14-4-3-5-15(10-14)23-17-7-2-1-6-16(17)18(22-23)19(24)21-11-13-8-9-25-12-13/h3-5,10,13H,1-2,6-9,11-12H2,(H,21,24). The molecule has 1 atom stereocenters. The molecule has 1 saturated heterocycles. The Morgan fingerprint density at radius 2 is 2.24 bits per heavy atom. The summed E-state index contributed by atoms with van der Waals surface area (Å²) < 4.78 is 8.35. The number of fused-ring (bicyclic) bond motifs is 1. The van der Waals surface area contributed by atoms with Crippen LogP contribution in [-0.2, 0) is 17.6 Å². The number of benzene rings is 1. The van der Waals surface area contributed by atoms with Gasteiger partial charge in [0.25, 0.3) is 5.91 Å². The number of hydrogen-bond acceptors (Lipinski definition) is 3. The molecule has 1 unspecified atom stereocenters. The van der Waals surface area contributed by atoms with Gasteiger partial charge >= 0.3 is 0 Å². The third-order valence-corrected chi connectivity index (χ3v) is 5.52. The molecule has 6 heteroatoms. The van der Waals surface area contributed by atoms with Crippen molar-refractivity contribution in [1.82, 2.24) is 15.1 Å². The van der Waals surface area contributed by atoms with Crippen LogP contribution in [-0.4, -0.2) is 35.4 Å². The van der Waals surface area contributed by atoms with Gasteiger partial charge in [-0.3, -0.25) is 4.79 Å². The predicted molar refractivity (Wildman–Crippen MR) is 99.2 cm³/mol. The number of halogens is 1. The van der Waals surface area contributed by atoms with Gasteiger partial charge in [-0.1, -0.05) is 22.0 Å². The molecule has 1 aromatic heterocycles. The molecule has 0 saturated carbocycles. The van der Waals surface area contributed by atoms with E-state index >= 15 is 0 Å². The summed E-state index contributed by atoms with van der Waals surface area (Å²) in [5.41, 5.74) is 3.88. The highest BCUT2D eigenvalue weighted by Crippen LogP contribution is 2.28. The lowest BCUT2D eigenvalue weighted by molar-refractivity contribution is 0.0938. The van der Waals surface area contributed by atoms with E-state index in [-0.39, 0.29) is 5.91 Å². The van der Waals surface area contributed by atoms with Crippen molar-refractivity contribution in [2.75, 3.05) is 19.8 Å². The van der Waals surface area contributed by atoms with Crippen molar-refractivity contribution >= 4 is 21.8 Å². The number of amides is 1. The monoisotopic (exact) mass is 403 g/mol. The molecule has 25 heavy (non-hydrogen) atoms. The Morgan fingerprint density at radius 3 is 3.04 bits per heavy atom. The van der Waals surface area contributed by atoms with Gasteiger partial charge in [0.1, 0.15) is 0 Å². The van der Waals surface area contributed by atoms with Crippen LogP contribution in [0.5, 0.6) is 0 Å². The number of nitrogens with zero attached hydrogens (tertiary/aromatic N) is 2. The van der Waals surface area contributed by atoms with Crippen LogP contribution in [0.1, 0.15) is 41.0 Å². The Hall–Kier alpha value is -1.66. The lowest BCUT2D eigenvalue weighted by Crippen LogP contribution is -2.30. The summed E-state index contributed by atoms with van der Waals surface area (Å²) in [6.45, 7) is 2.20.